The summed E-state index contributed by atoms with van der Waals surface area (Å²) in [6.45, 7) is 5.83. The molecule has 0 radical (unpaired) electrons. The molecule has 0 saturated carbocycles. The van der Waals surface area contributed by atoms with Crippen molar-refractivity contribution < 1.29 is 14.3 Å². The zero-order valence-corrected chi connectivity index (χ0v) is 9.86. The highest BCUT2D eigenvalue weighted by Gasteiger charge is 2.21. The van der Waals surface area contributed by atoms with Crippen molar-refractivity contribution >= 4 is 6.16 Å². The fourth-order valence-electron chi connectivity index (χ4n) is 1.51. The molecule has 0 aromatic rings. The molecule has 1 rings (SSSR count). The highest BCUT2D eigenvalue weighted by molar-refractivity contribution is 5.60. The third-order valence-electron chi connectivity index (χ3n) is 2.80. The van der Waals surface area contributed by atoms with E-state index in [0.29, 0.717) is 0 Å². The summed E-state index contributed by atoms with van der Waals surface area (Å²) in [6, 6.07) is 0. The maximum Gasteiger partial charge on any atom is 0.508 e. The van der Waals surface area contributed by atoms with Crippen LogP contribution < -0.4 is 0 Å². The van der Waals surface area contributed by atoms with Gasteiger partial charge in [0.05, 0.1) is 0 Å². The predicted molar refractivity (Wildman–Crippen MR) is 57.8 cm³/mol. The molecular formula is C11H21NO3. The lowest BCUT2D eigenvalue weighted by Gasteiger charge is -2.28. The molecule has 0 aliphatic carbocycles. The molecule has 4 heteroatoms. The molecule has 1 aliphatic rings. The van der Waals surface area contributed by atoms with Crippen LogP contribution in [0.4, 0.5) is 4.79 Å². The number of carbonyl (C=O) groups is 1. The Labute approximate surface area is 91.5 Å². The second kappa shape index (κ2) is 5.95. The zero-order valence-electron chi connectivity index (χ0n) is 9.86. The van der Waals surface area contributed by atoms with Gasteiger partial charge in [0.15, 0.2) is 0 Å². The third kappa shape index (κ3) is 4.51. The van der Waals surface area contributed by atoms with Crippen LogP contribution in [-0.4, -0.2) is 43.4 Å². The van der Waals surface area contributed by atoms with Crippen LogP contribution in [0.2, 0.25) is 0 Å². The van der Waals surface area contributed by atoms with Gasteiger partial charge in [0.1, 0.15) is 12.2 Å². The lowest BCUT2D eigenvalue weighted by atomic mass is 10.1. The Bertz CT molecular complexity index is 200. The lowest BCUT2D eigenvalue weighted by molar-refractivity contribution is -0.0139. The number of likely N-dealkylation sites (tertiary alicyclic amines) is 1. The van der Waals surface area contributed by atoms with E-state index in [-0.39, 0.29) is 12.2 Å². The lowest BCUT2D eigenvalue weighted by Crippen LogP contribution is -2.35. The van der Waals surface area contributed by atoms with Crippen LogP contribution >= 0.6 is 0 Å². The van der Waals surface area contributed by atoms with E-state index in [0.717, 1.165) is 32.4 Å². The fourth-order valence-corrected chi connectivity index (χ4v) is 1.51. The molecule has 1 unspecified atom stereocenters. The standard InChI is InChI=1S/C11H21NO3/c1-4-9(2)14-11(13)15-10-5-7-12(3)8-6-10/h9-10H,4-8H2,1-3H3. The minimum atomic E-state index is -0.515. The fraction of sp³-hybridized carbons (Fsp3) is 0.909. The van der Waals surface area contributed by atoms with Gasteiger partial charge in [-0.25, -0.2) is 4.79 Å². The molecule has 0 bridgehead atoms. The molecule has 88 valence electrons. The van der Waals surface area contributed by atoms with E-state index in [4.69, 9.17) is 9.47 Å². The minimum absolute atomic E-state index is 0.0396. The molecule has 0 N–H and O–H groups in total. The topological polar surface area (TPSA) is 38.8 Å². The molecule has 1 saturated heterocycles. The van der Waals surface area contributed by atoms with Gasteiger partial charge in [-0.3, -0.25) is 0 Å². The first-order valence-electron chi connectivity index (χ1n) is 5.67. The second-order valence-electron chi connectivity index (χ2n) is 4.21. The van der Waals surface area contributed by atoms with E-state index in [1.54, 1.807) is 0 Å². The summed E-state index contributed by atoms with van der Waals surface area (Å²) in [5, 5.41) is 0. The van der Waals surface area contributed by atoms with Crippen molar-refractivity contribution in [2.24, 2.45) is 0 Å². The molecular weight excluding hydrogens is 194 g/mol. The number of carbonyl (C=O) groups excluding carboxylic acids is 1. The molecule has 1 atom stereocenters. The maximum absolute atomic E-state index is 11.3. The zero-order chi connectivity index (χ0) is 11.3. The third-order valence-corrected chi connectivity index (χ3v) is 2.80. The van der Waals surface area contributed by atoms with Crippen molar-refractivity contribution in [1.82, 2.24) is 4.90 Å². The molecule has 4 nitrogen and oxygen atoms in total. The van der Waals surface area contributed by atoms with Gasteiger partial charge in [0, 0.05) is 13.1 Å². The summed E-state index contributed by atoms with van der Waals surface area (Å²) >= 11 is 0. The predicted octanol–water partition coefficient (Wildman–Crippen LogP) is 2.03. The number of nitrogens with zero attached hydrogens (tertiary/aromatic N) is 1. The van der Waals surface area contributed by atoms with Gasteiger partial charge >= 0.3 is 6.16 Å². The number of hydrogen-bond donors (Lipinski definition) is 0. The average Bonchev–Trinajstić information content (AvgIpc) is 2.21. The van der Waals surface area contributed by atoms with Crippen molar-refractivity contribution in [2.75, 3.05) is 20.1 Å². The molecule has 1 aliphatic heterocycles. The first-order chi connectivity index (χ1) is 7.11. The van der Waals surface area contributed by atoms with Crippen molar-refractivity contribution in [3.05, 3.63) is 0 Å². The Morgan fingerprint density at radius 2 is 2.07 bits per heavy atom. The second-order valence-corrected chi connectivity index (χ2v) is 4.21. The molecule has 1 fully saturated rings. The highest BCUT2D eigenvalue weighted by Crippen LogP contribution is 2.13. The first kappa shape index (κ1) is 12.3. The van der Waals surface area contributed by atoms with Crippen LogP contribution in [0.15, 0.2) is 0 Å². The van der Waals surface area contributed by atoms with Gasteiger partial charge in [-0.1, -0.05) is 6.92 Å². The maximum atomic E-state index is 11.3. The molecule has 0 aromatic heterocycles. The van der Waals surface area contributed by atoms with Crippen LogP contribution in [0.1, 0.15) is 33.1 Å². The van der Waals surface area contributed by atoms with Gasteiger partial charge in [-0.15, -0.1) is 0 Å². The van der Waals surface area contributed by atoms with E-state index in [9.17, 15) is 4.79 Å². The monoisotopic (exact) mass is 215 g/mol. The summed E-state index contributed by atoms with van der Waals surface area (Å²) in [7, 11) is 2.08. The largest absolute Gasteiger partial charge is 0.508 e. The van der Waals surface area contributed by atoms with Gasteiger partial charge in [-0.05, 0) is 33.2 Å². The molecule has 0 spiro atoms. The number of rotatable bonds is 3. The Hall–Kier alpha value is -0.770. The smallest absolute Gasteiger partial charge is 0.431 e. The Morgan fingerprint density at radius 1 is 1.47 bits per heavy atom. The van der Waals surface area contributed by atoms with Crippen molar-refractivity contribution in [1.29, 1.82) is 0 Å². The summed E-state index contributed by atoms with van der Waals surface area (Å²) in [5.74, 6) is 0. The van der Waals surface area contributed by atoms with Crippen LogP contribution in [0.5, 0.6) is 0 Å². The SMILES string of the molecule is CCC(C)OC(=O)OC1CCN(C)CC1. The number of hydrogen-bond acceptors (Lipinski definition) is 4. The van der Waals surface area contributed by atoms with E-state index >= 15 is 0 Å². The van der Waals surface area contributed by atoms with Gasteiger partial charge < -0.3 is 14.4 Å². The van der Waals surface area contributed by atoms with Crippen molar-refractivity contribution in [2.45, 2.75) is 45.3 Å². The van der Waals surface area contributed by atoms with Gasteiger partial charge in [-0.2, -0.15) is 0 Å². The summed E-state index contributed by atoms with van der Waals surface area (Å²) < 4.78 is 10.3. The number of ether oxygens (including phenoxy) is 2. The van der Waals surface area contributed by atoms with Crippen LogP contribution in [0.3, 0.4) is 0 Å². The van der Waals surface area contributed by atoms with Crippen molar-refractivity contribution in [3.8, 4) is 0 Å². The van der Waals surface area contributed by atoms with Crippen LogP contribution in [-0.2, 0) is 9.47 Å². The van der Waals surface area contributed by atoms with Crippen LogP contribution in [0.25, 0.3) is 0 Å². The Kier molecular flexibility index (Phi) is 4.88. The molecule has 15 heavy (non-hydrogen) atoms. The normalized spacial score (nSPS) is 21.0. The average molecular weight is 215 g/mol. The molecule has 0 aromatic carbocycles. The van der Waals surface area contributed by atoms with E-state index in [1.807, 2.05) is 13.8 Å². The first-order valence-corrected chi connectivity index (χ1v) is 5.67. The molecule has 0 amide bonds. The summed E-state index contributed by atoms with van der Waals surface area (Å²) in [5.41, 5.74) is 0. The quantitative estimate of drug-likeness (QED) is 0.675. The summed E-state index contributed by atoms with van der Waals surface area (Å²) in [6.07, 6.45) is 2.11. The van der Waals surface area contributed by atoms with E-state index < -0.39 is 6.16 Å². The van der Waals surface area contributed by atoms with Crippen molar-refractivity contribution in [3.63, 3.8) is 0 Å². The van der Waals surface area contributed by atoms with E-state index in [2.05, 4.69) is 11.9 Å². The molecule has 1 heterocycles. The minimum Gasteiger partial charge on any atom is -0.431 e. The van der Waals surface area contributed by atoms with Gasteiger partial charge in [0.2, 0.25) is 0 Å². The van der Waals surface area contributed by atoms with Crippen LogP contribution in [0, 0.1) is 0 Å². The Morgan fingerprint density at radius 3 is 2.60 bits per heavy atom. The highest BCUT2D eigenvalue weighted by atomic mass is 16.7. The summed E-state index contributed by atoms with van der Waals surface area (Å²) in [4.78, 5) is 13.5. The Balaban J connectivity index is 2.20. The number of piperidine rings is 1. The van der Waals surface area contributed by atoms with E-state index in [1.165, 1.54) is 0 Å². The van der Waals surface area contributed by atoms with Gasteiger partial charge in [0.25, 0.3) is 0 Å².